The van der Waals surface area contributed by atoms with Crippen molar-refractivity contribution in [2.75, 3.05) is 4.90 Å². The van der Waals surface area contributed by atoms with Crippen LogP contribution < -0.4 is 4.90 Å². The molecule has 3 nitrogen and oxygen atoms in total. The van der Waals surface area contributed by atoms with Gasteiger partial charge in [-0.1, -0.05) is 0 Å². The minimum absolute atomic E-state index is 0.0676. The van der Waals surface area contributed by atoms with Gasteiger partial charge in [0.15, 0.2) is 23.3 Å². The standard InChI is InChI=1S/C23H15F5N2O/c1-12-8-21(29-15-4-6-18(26)20(28)11-15)16-10-14(24)3-7-22(16)30(12)23(31)13-2-5-17(25)19(27)9-13/h2-7,9-12H,8H2,1H3. The van der Waals surface area contributed by atoms with Gasteiger partial charge < -0.3 is 4.90 Å². The molecule has 1 amide bonds. The molecule has 31 heavy (non-hydrogen) atoms. The highest BCUT2D eigenvalue weighted by molar-refractivity contribution is 6.16. The van der Waals surface area contributed by atoms with Crippen molar-refractivity contribution < 1.29 is 26.7 Å². The lowest BCUT2D eigenvalue weighted by molar-refractivity contribution is 0.0977. The molecule has 1 aliphatic heterocycles. The normalized spacial score (nSPS) is 17.0. The number of nitrogens with zero attached hydrogens (tertiary/aromatic N) is 2. The van der Waals surface area contributed by atoms with E-state index in [1.54, 1.807) is 6.92 Å². The summed E-state index contributed by atoms with van der Waals surface area (Å²) in [5, 5.41) is 0. The first-order chi connectivity index (χ1) is 14.7. The molecule has 0 aliphatic carbocycles. The average Bonchev–Trinajstić information content (AvgIpc) is 2.73. The summed E-state index contributed by atoms with van der Waals surface area (Å²) >= 11 is 0. The van der Waals surface area contributed by atoms with Gasteiger partial charge in [-0.25, -0.2) is 22.0 Å². The SMILES string of the molecule is CC1CC(=Nc2ccc(F)c(F)c2)c2cc(F)ccc2N1C(=O)c1ccc(F)c(F)c1. The Balaban J connectivity index is 1.80. The molecule has 1 heterocycles. The highest BCUT2D eigenvalue weighted by Gasteiger charge is 2.33. The van der Waals surface area contributed by atoms with Crippen LogP contribution in [-0.2, 0) is 0 Å². The Hall–Kier alpha value is -3.55. The lowest BCUT2D eigenvalue weighted by Crippen LogP contribution is -2.44. The van der Waals surface area contributed by atoms with Crippen molar-refractivity contribution in [2.24, 2.45) is 4.99 Å². The number of carbonyl (C=O) groups is 1. The van der Waals surface area contributed by atoms with Crippen molar-refractivity contribution in [3.63, 3.8) is 0 Å². The van der Waals surface area contributed by atoms with Crippen LogP contribution in [0.5, 0.6) is 0 Å². The number of rotatable bonds is 2. The van der Waals surface area contributed by atoms with Crippen LogP contribution in [0.2, 0.25) is 0 Å². The van der Waals surface area contributed by atoms with E-state index in [0.29, 0.717) is 17.0 Å². The molecule has 0 saturated heterocycles. The monoisotopic (exact) mass is 430 g/mol. The van der Waals surface area contributed by atoms with Crippen LogP contribution >= 0.6 is 0 Å². The zero-order valence-electron chi connectivity index (χ0n) is 16.2. The maximum absolute atomic E-state index is 14.0. The first kappa shape index (κ1) is 20.7. The Morgan fingerprint density at radius 3 is 2.23 bits per heavy atom. The van der Waals surface area contributed by atoms with Crippen molar-refractivity contribution in [1.82, 2.24) is 0 Å². The van der Waals surface area contributed by atoms with Crippen LogP contribution in [-0.4, -0.2) is 17.7 Å². The molecule has 0 bridgehead atoms. The van der Waals surface area contributed by atoms with Crippen LogP contribution in [0.1, 0.15) is 29.3 Å². The van der Waals surface area contributed by atoms with E-state index < -0.39 is 41.0 Å². The Kier molecular flexibility index (Phi) is 5.31. The van der Waals surface area contributed by atoms with Crippen molar-refractivity contribution in [3.8, 4) is 0 Å². The number of halogens is 5. The Bertz CT molecular complexity index is 1220. The molecular formula is C23H15F5N2O. The van der Waals surface area contributed by atoms with Gasteiger partial charge in [0, 0.05) is 29.7 Å². The number of fused-ring (bicyclic) bond motifs is 1. The number of amides is 1. The van der Waals surface area contributed by atoms with Crippen LogP contribution in [0, 0.1) is 29.1 Å². The van der Waals surface area contributed by atoms with Crippen molar-refractivity contribution in [2.45, 2.75) is 19.4 Å². The summed E-state index contributed by atoms with van der Waals surface area (Å²) in [6.45, 7) is 1.71. The molecule has 4 rings (SSSR count). The van der Waals surface area contributed by atoms with Gasteiger partial charge in [-0.3, -0.25) is 9.79 Å². The second kappa shape index (κ2) is 7.94. The van der Waals surface area contributed by atoms with Gasteiger partial charge in [0.05, 0.1) is 17.1 Å². The van der Waals surface area contributed by atoms with E-state index in [2.05, 4.69) is 4.99 Å². The molecule has 0 saturated carbocycles. The van der Waals surface area contributed by atoms with E-state index >= 15 is 0 Å². The number of benzene rings is 3. The maximum atomic E-state index is 14.0. The first-order valence-corrected chi connectivity index (χ1v) is 9.35. The van der Waals surface area contributed by atoms with Gasteiger partial charge in [0.25, 0.3) is 5.91 Å². The van der Waals surface area contributed by atoms with E-state index in [0.717, 1.165) is 30.3 Å². The van der Waals surface area contributed by atoms with Gasteiger partial charge in [0.1, 0.15) is 5.82 Å². The third-order valence-corrected chi connectivity index (χ3v) is 5.01. The van der Waals surface area contributed by atoms with Gasteiger partial charge >= 0.3 is 0 Å². The summed E-state index contributed by atoms with van der Waals surface area (Å²) in [6.07, 6.45) is 0.171. The Morgan fingerprint density at radius 2 is 1.55 bits per heavy atom. The lowest BCUT2D eigenvalue weighted by atomic mass is 9.93. The largest absolute Gasteiger partial charge is 0.305 e. The maximum Gasteiger partial charge on any atom is 0.258 e. The molecule has 0 N–H and O–H groups in total. The van der Waals surface area contributed by atoms with Crippen molar-refractivity contribution >= 4 is 23.0 Å². The topological polar surface area (TPSA) is 32.7 Å². The molecule has 0 fully saturated rings. The van der Waals surface area contributed by atoms with E-state index in [1.165, 1.54) is 29.2 Å². The van der Waals surface area contributed by atoms with Crippen molar-refractivity contribution in [1.29, 1.82) is 0 Å². The van der Waals surface area contributed by atoms with Crippen LogP contribution in [0.25, 0.3) is 0 Å². The highest BCUT2D eigenvalue weighted by atomic mass is 19.2. The number of anilines is 1. The van der Waals surface area contributed by atoms with Gasteiger partial charge in [-0.05, 0) is 55.5 Å². The highest BCUT2D eigenvalue weighted by Crippen LogP contribution is 2.34. The predicted octanol–water partition coefficient (Wildman–Crippen LogP) is 5.94. The summed E-state index contributed by atoms with van der Waals surface area (Å²) in [7, 11) is 0. The molecule has 1 unspecified atom stereocenters. The summed E-state index contributed by atoms with van der Waals surface area (Å²) in [5.74, 6) is -5.49. The second-order valence-corrected chi connectivity index (χ2v) is 7.18. The zero-order valence-corrected chi connectivity index (χ0v) is 16.2. The molecule has 0 radical (unpaired) electrons. The fourth-order valence-corrected chi connectivity index (χ4v) is 3.56. The summed E-state index contributed by atoms with van der Waals surface area (Å²) < 4.78 is 67.7. The molecule has 1 atom stereocenters. The van der Waals surface area contributed by atoms with E-state index in [4.69, 9.17) is 0 Å². The Morgan fingerprint density at radius 1 is 0.871 bits per heavy atom. The van der Waals surface area contributed by atoms with Crippen LogP contribution in [0.3, 0.4) is 0 Å². The Labute approximate surface area is 174 Å². The molecule has 3 aromatic carbocycles. The summed E-state index contributed by atoms with van der Waals surface area (Å²) in [6, 6.07) is 9.23. The van der Waals surface area contributed by atoms with Crippen molar-refractivity contribution in [3.05, 3.63) is 94.8 Å². The molecule has 0 spiro atoms. The molecule has 3 aromatic rings. The zero-order chi connectivity index (χ0) is 22.3. The number of aliphatic imine (C=N–C) groups is 1. The lowest BCUT2D eigenvalue weighted by Gasteiger charge is -2.36. The number of hydrogen-bond acceptors (Lipinski definition) is 2. The first-order valence-electron chi connectivity index (χ1n) is 9.35. The predicted molar refractivity (Wildman–Crippen MR) is 106 cm³/mol. The second-order valence-electron chi connectivity index (χ2n) is 7.18. The van der Waals surface area contributed by atoms with Crippen LogP contribution in [0.4, 0.5) is 33.3 Å². The molecular weight excluding hydrogens is 415 g/mol. The third kappa shape index (κ3) is 3.93. The third-order valence-electron chi connectivity index (χ3n) is 5.01. The molecule has 8 heteroatoms. The molecule has 1 aliphatic rings. The van der Waals surface area contributed by atoms with Gasteiger partial charge in [0.2, 0.25) is 0 Å². The number of carbonyl (C=O) groups excluding carboxylic acids is 1. The van der Waals surface area contributed by atoms with Gasteiger partial charge in [-0.15, -0.1) is 0 Å². The fourth-order valence-electron chi connectivity index (χ4n) is 3.56. The number of hydrogen-bond donors (Lipinski definition) is 0. The van der Waals surface area contributed by atoms with Gasteiger partial charge in [-0.2, -0.15) is 0 Å². The fraction of sp³-hybridized carbons (Fsp3) is 0.130. The summed E-state index contributed by atoms with van der Waals surface area (Å²) in [5.41, 5.74) is 1.05. The molecule has 158 valence electrons. The van der Waals surface area contributed by atoms with E-state index in [9.17, 15) is 26.7 Å². The van der Waals surface area contributed by atoms with E-state index in [-0.39, 0.29) is 17.7 Å². The quantitative estimate of drug-likeness (QED) is 0.463. The van der Waals surface area contributed by atoms with E-state index in [1.807, 2.05) is 0 Å². The minimum atomic E-state index is -1.16. The smallest absolute Gasteiger partial charge is 0.258 e. The molecule has 0 aromatic heterocycles. The average molecular weight is 430 g/mol. The minimum Gasteiger partial charge on any atom is -0.305 e. The summed E-state index contributed by atoms with van der Waals surface area (Å²) in [4.78, 5) is 18.8. The van der Waals surface area contributed by atoms with Crippen LogP contribution in [0.15, 0.2) is 59.6 Å².